The molecule has 1 heterocycles. The van der Waals surface area contributed by atoms with Gasteiger partial charge in [-0.25, -0.2) is 4.79 Å². The van der Waals surface area contributed by atoms with E-state index in [0.717, 1.165) is 12.8 Å². The Labute approximate surface area is 76.3 Å². The lowest BCUT2D eigenvalue weighted by atomic mass is 9.98. The van der Waals surface area contributed by atoms with Crippen molar-refractivity contribution in [2.45, 2.75) is 12.8 Å². The number of thiocarbonyl (C=S) groups is 1. The maximum atomic E-state index is 10.7. The van der Waals surface area contributed by atoms with Crippen molar-refractivity contribution in [1.82, 2.24) is 4.90 Å². The molecule has 0 saturated carbocycles. The molecule has 2 amide bonds. The van der Waals surface area contributed by atoms with Crippen molar-refractivity contribution in [3.05, 3.63) is 0 Å². The van der Waals surface area contributed by atoms with Crippen LogP contribution in [0.1, 0.15) is 12.8 Å². The first-order valence-electron chi connectivity index (χ1n) is 3.88. The number of hydrogen-bond acceptors (Lipinski definition) is 2. The number of primary amides is 1. The second-order valence-corrected chi connectivity index (χ2v) is 3.36. The molecule has 4 nitrogen and oxygen atoms in total. The summed E-state index contributed by atoms with van der Waals surface area (Å²) in [5, 5.41) is 9.05. The summed E-state index contributed by atoms with van der Waals surface area (Å²) in [6, 6.07) is -0.391. The summed E-state index contributed by atoms with van der Waals surface area (Å²) >= 11 is 4.64. The van der Waals surface area contributed by atoms with Gasteiger partial charge in [0, 0.05) is 19.0 Å². The van der Waals surface area contributed by atoms with Crippen LogP contribution in [0.15, 0.2) is 0 Å². The van der Waals surface area contributed by atoms with Crippen LogP contribution in [-0.2, 0) is 0 Å². The van der Waals surface area contributed by atoms with Crippen molar-refractivity contribution >= 4 is 23.3 Å². The highest BCUT2D eigenvalue weighted by atomic mass is 32.1. The van der Waals surface area contributed by atoms with E-state index in [9.17, 15) is 4.79 Å². The van der Waals surface area contributed by atoms with Crippen LogP contribution in [0.4, 0.5) is 4.79 Å². The van der Waals surface area contributed by atoms with Crippen molar-refractivity contribution in [2.75, 3.05) is 13.1 Å². The molecule has 0 aromatic carbocycles. The Balaban J connectivity index is 2.39. The number of aliphatic hydroxyl groups is 1. The number of urea groups is 1. The average Bonchev–Trinajstić information content (AvgIpc) is 2.04. The summed E-state index contributed by atoms with van der Waals surface area (Å²) in [5.74, 6) is 0.0654. The summed E-state index contributed by atoms with van der Waals surface area (Å²) in [6.45, 7) is 1.20. The van der Waals surface area contributed by atoms with Crippen LogP contribution in [0, 0.1) is 5.92 Å². The number of nitrogens with zero attached hydrogens (tertiary/aromatic N) is 1. The summed E-state index contributed by atoms with van der Waals surface area (Å²) in [5.41, 5.74) is 5.08. The molecule has 1 fully saturated rings. The monoisotopic (exact) mass is 188 g/mol. The minimum atomic E-state index is -0.391. The maximum absolute atomic E-state index is 10.7. The molecular weight excluding hydrogens is 176 g/mol. The minimum absolute atomic E-state index is 0.0547. The standard InChI is InChI=1S/C7H12N2O2S/c8-7(11)9-3-1-5(2-4-9)6(10)12/h5H,1-4H2,(H2,8,11)(H,10,12). The van der Waals surface area contributed by atoms with Crippen molar-refractivity contribution < 1.29 is 9.90 Å². The van der Waals surface area contributed by atoms with Gasteiger partial charge in [-0.1, -0.05) is 0 Å². The van der Waals surface area contributed by atoms with E-state index in [2.05, 4.69) is 12.2 Å². The van der Waals surface area contributed by atoms with E-state index in [0.29, 0.717) is 13.1 Å². The topological polar surface area (TPSA) is 66.6 Å². The number of carbonyl (C=O) groups excluding carboxylic acids is 1. The van der Waals surface area contributed by atoms with E-state index in [-0.39, 0.29) is 11.0 Å². The zero-order valence-corrected chi connectivity index (χ0v) is 7.51. The fraction of sp³-hybridized carbons (Fsp3) is 0.714. The maximum Gasteiger partial charge on any atom is 0.314 e. The van der Waals surface area contributed by atoms with Crippen LogP contribution in [0.2, 0.25) is 0 Å². The van der Waals surface area contributed by atoms with Gasteiger partial charge in [0.2, 0.25) is 0 Å². The zero-order chi connectivity index (χ0) is 9.14. The molecule has 0 aromatic rings. The van der Waals surface area contributed by atoms with E-state index in [1.807, 2.05) is 0 Å². The molecule has 1 rings (SSSR count). The number of rotatable bonds is 1. The summed E-state index contributed by atoms with van der Waals surface area (Å²) in [7, 11) is 0. The van der Waals surface area contributed by atoms with Gasteiger partial charge in [0.1, 0.15) is 0 Å². The van der Waals surface area contributed by atoms with Crippen molar-refractivity contribution in [1.29, 1.82) is 0 Å². The third kappa shape index (κ3) is 2.07. The molecular formula is C7H12N2O2S. The lowest BCUT2D eigenvalue weighted by Gasteiger charge is -2.29. The van der Waals surface area contributed by atoms with Crippen LogP contribution < -0.4 is 5.73 Å². The quantitative estimate of drug-likeness (QED) is 0.594. The first-order chi connectivity index (χ1) is 5.61. The highest BCUT2D eigenvalue weighted by Gasteiger charge is 2.23. The van der Waals surface area contributed by atoms with E-state index in [1.54, 1.807) is 4.90 Å². The number of piperidine rings is 1. The van der Waals surface area contributed by atoms with Gasteiger partial charge < -0.3 is 15.7 Å². The van der Waals surface area contributed by atoms with Crippen LogP contribution in [0.3, 0.4) is 0 Å². The van der Waals surface area contributed by atoms with Gasteiger partial charge in [-0.2, -0.15) is 0 Å². The molecule has 12 heavy (non-hydrogen) atoms. The molecule has 1 aliphatic heterocycles. The number of aliphatic hydroxyl groups excluding tert-OH is 1. The Morgan fingerprint density at radius 2 is 2.00 bits per heavy atom. The minimum Gasteiger partial charge on any atom is -0.502 e. The van der Waals surface area contributed by atoms with Crippen molar-refractivity contribution in [3.63, 3.8) is 0 Å². The third-order valence-electron chi connectivity index (χ3n) is 2.16. The van der Waals surface area contributed by atoms with Crippen molar-refractivity contribution in [2.24, 2.45) is 11.7 Å². The number of carbonyl (C=O) groups is 1. The third-order valence-corrected chi connectivity index (χ3v) is 2.49. The fourth-order valence-corrected chi connectivity index (χ4v) is 1.58. The summed E-state index contributed by atoms with van der Waals surface area (Å²) < 4.78 is 0. The molecule has 0 spiro atoms. The predicted octanol–water partition coefficient (Wildman–Crippen LogP) is 0.663. The van der Waals surface area contributed by atoms with E-state index >= 15 is 0 Å². The molecule has 0 radical (unpaired) electrons. The summed E-state index contributed by atoms with van der Waals surface area (Å²) in [6.07, 6.45) is 1.44. The molecule has 0 aliphatic carbocycles. The largest absolute Gasteiger partial charge is 0.502 e. The Hall–Kier alpha value is -0.840. The summed E-state index contributed by atoms with van der Waals surface area (Å²) in [4.78, 5) is 12.2. The van der Waals surface area contributed by atoms with Gasteiger partial charge in [-0.15, -0.1) is 0 Å². The predicted molar refractivity (Wildman–Crippen MR) is 49.1 cm³/mol. The van der Waals surface area contributed by atoms with Gasteiger partial charge in [0.15, 0.2) is 5.05 Å². The number of nitrogens with two attached hydrogens (primary N) is 1. The zero-order valence-electron chi connectivity index (χ0n) is 6.69. The van der Waals surface area contributed by atoms with Gasteiger partial charge in [-0.05, 0) is 25.1 Å². The van der Waals surface area contributed by atoms with Crippen LogP contribution in [-0.4, -0.2) is 34.2 Å². The van der Waals surface area contributed by atoms with Crippen LogP contribution in [0.5, 0.6) is 0 Å². The number of hydrogen-bond donors (Lipinski definition) is 2. The molecule has 5 heteroatoms. The molecule has 3 N–H and O–H groups in total. The van der Waals surface area contributed by atoms with Crippen LogP contribution in [0.25, 0.3) is 0 Å². The Morgan fingerprint density at radius 1 is 1.50 bits per heavy atom. The SMILES string of the molecule is NC(=O)N1CCC(C(O)=S)CC1. The molecule has 0 bridgehead atoms. The first kappa shape index (κ1) is 9.25. The molecule has 0 atom stereocenters. The van der Waals surface area contributed by atoms with E-state index < -0.39 is 6.03 Å². The van der Waals surface area contributed by atoms with E-state index in [1.165, 1.54) is 0 Å². The Morgan fingerprint density at radius 3 is 2.33 bits per heavy atom. The van der Waals surface area contributed by atoms with Crippen LogP contribution >= 0.6 is 12.2 Å². The van der Waals surface area contributed by atoms with Gasteiger partial charge >= 0.3 is 6.03 Å². The smallest absolute Gasteiger partial charge is 0.314 e. The Bertz CT molecular complexity index is 178. The molecule has 0 unspecified atom stereocenters. The van der Waals surface area contributed by atoms with Gasteiger partial charge in [0.05, 0.1) is 0 Å². The first-order valence-corrected chi connectivity index (χ1v) is 4.29. The lowest BCUT2D eigenvalue weighted by Crippen LogP contribution is -2.42. The van der Waals surface area contributed by atoms with E-state index in [4.69, 9.17) is 10.8 Å². The molecule has 1 saturated heterocycles. The second kappa shape index (κ2) is 3.71. The van der Waals surface area contributed by atoms with Crippen molar-refractivity contribution in [3.8, 4) is 0 Å². The number of likely N-dealkylation sites (tertiary alicyclic amines) is 1. The second-order valence-electron chi connectivity index (χ2n) is 2.94. The lowest BCUT2D eigenvalue weighted by molar-refractivity contribution is 0.187. The normalized spacial score (nSPS) is 19.2. The highest BCUT2D eigenvalue weighted by Crippen LogP contribution is 2.17. The fourth-order valence-electron chi connectivity index (χ4n) is 1.35. The van der Waals surface area contributed by atoms with Gasteiger partial charge in [0.25, 0.3) is 0 Å². The molecule has 1 aliphatic rings. The Kier molecular flexibility index (Phi) is 2.86. The molecule has 68 valence electrons. The van der Waals surface area contributed by atoms with Gasteiger partial charge in [-0.3, -0.25) is 0 Å². The number of amides is 2. The average molecular weight is 188 g/mol. The highest BCUT2D eigenvalue weighted by molar-refractivity contribution is 7.80. The molecule has 0 aromatic heterocycles.